The van der Waals surface area contributed by atoms with Crippen LogP contribution in [0.5, 0.6) is 0 Å². The van der Waals surface area contributed by atoms with Gasteiger partial charge in [0.25, 0.3) is 0 Å². The molecule has 0 spiro atoms. The minimum atomic E-state index is -0.234. The number of aryl methyl sites for hydroxylation is 1. The van der Waals surface area contributed by atoms with E-state index in [-0.39, 0.29) is 5.82 Å². The van der Waals surface area contributed by atoms with Crippen LogP contribution in [0.15, 0.2) is 10.7 Å². The molecule has 1 heterocycles. The number of hydrogen-bond acceptors (Lipinski definition) is 0. The SMILES string of the molecule is Cc1[nH]cc(F)c1Br. The maximum Gasteiger partial charge on any atom is 0.155 e. The molecule has 0 aliphatic rings. The van der Waals surface area contributed by atoms with Crippen molar-refractivity contribution in [3.8, 4) is 0 Å². The minimum absolute atomic E-state index is 0.234. The van der Waals surface area contributed by atoms with Crippen LogP contribution in [0, 0.1) is 12.7 Å². The summed E-state index contributed by atoms with van der Waals surface area (Å²) < 4.78 is 12.8. The molecule has 1 aromatic heterocycles. The van der Waals surface area contributed by atoms with Crippen LogP contribution < -0.4 is 0 Å². The Morgan fingerprint density at radius 1 is 1.75 bits per heavy atom. The Hall–Kier alpha value is -0.310. The van der Waals surface area contributed by atoms with Crippen molar-refractivity contribution in [2.75, 3.05) is 0 Å². The average molecular weight is 178 g/mol. The van der Waals surface area contributed by atoms with E-state index in [1.165, 1.54) is 6.20 Å². The van der Waals surface area contributed by atoms with Gasteiger partial charge in [-0.2, -0.15) is 0 Å². The van der Waals surface area contributed by atoms with E-state index in [1.54, 1.807) is 6.92 Å². The van der Waals surface area contributed by atoms with Gasteiger partial charge in [-0.1, -0.05) is 0 Å². The third-order valence-corrected chi connectivity index (χ3v) is 1.93. The van der Waals surface area contributed by atoms with Gasteiger partial charge in [-0.05, 0) is 22.9 Å². The first-order valence-corrected chi connectivity index (χ1v) is 3.00. The fraction of sp³-hybridized carbons (Fsp3) is 0.200. The highest BCUT2D eigenvalue weighted by atomic mass is 79.9. The van der Waals surface area contributed by atoms with Crippen LogP contribution in [0.2, 0.25) is 0 Å². The third kappa shape index (κ3) is 0.777. The van der Waals surface area contributed by atoms with Gasteiger partial charge < -0.3 is 4.98 Å². The van der Waals surface area contributed by atoms with E-state index >= 15 is 0 Å². The molecule has 1 nitrogen and oxygen atoms in total. The smallest absolute Gasteiger partial charge is 0.155 e. The lowest BCUT2D eigenvalue weighted by molar-refractivity contribution is 0.623. The van der Waals surface area contributed by atoms with Crippen molar-refractivity contribution in [2.45, 2.75) is 6.92 Å². The van der Waals surface area contributed by atoms with Crippen LogP contribution in [0.3, 0.4) is 0 Å². The van der Waals surface area contributed by atoms with Gasteiger partial charge in [0, 0.05) is 11.9 Å². The number of hydrogen-bond donors (Lipinski definition) is 1. The minimum Gasteiger partial charge on any atom is -0.362 e. The average Bonchev–Trinajstić information content (AvgIpc) is 1.98. The van der Waals surface area contributed by atoms with Gasteiger partial charge in [-0.3, -0.25) is 0 Å². The van der Waals surface area contributed by atoms with E-state index < -0.39 is 0 Å². The zero-order valence-corrected chi connectivity index (χ0v) is 5.92. The normalized spacial score (nSPS) is 9.88. The molecule has 3 heteroatoms. The summed E-state index contributed by atoms with van der Waals surface area (Å²) >= 11 is 3.04. The van der Waals surface area contributed by atoms with E-state index in [9.17, 15) is 4.39 Å². The molecule has 44 valence electrons. The largest absolute Gasteiger partial charge is 0.362 e. The summed E-state index contributed by atoms with van der Waals surface area (Å²) in [7, 11) is 0. The molecule has 0 aliphatic carbocycles. The molecule has 0 saturated carbocycles. The Morgan fingerprint density at radius 3 is 2.50 bits per heavy atom. The second-order valence-electron chi connectivity index (χ2n) is 1.58. The highest BCUT2D eigenvalue weighted by Crippen LogP contribution is 2.17. The Balaban J connectivity index is 3.19. The molecule has 0 bridgehead atoms. The first-order valence-electron chi connectivity index (χ1n) is 2.21. The molecule has 0 aliphatic heterocycles. The van der Waals surface area contributed by atoms with Gasteiger partial charge in [0.05, 0.1) is 4.47 Å². The van der Waals surface area contributed by atoms with Crippen molar-refractivity contribution in [1.82, 2.24) is 4.98 Å². The molecule has 1 rings (SSSR count). The quantitative estimate of drug-likeness (QED) is 0.626. The molecular weight excluding hydrogens is 173 g/mol. The molecule has 1 N–H and O–H groups in total. The number of halogens is 2. The number of aromatic amines is 1. The van der Waals surface area contributed by atoms with Crippen LogP contribution >= 0.6 is 15.9 Å². The molecule has 0 amide bonds. The Labute approximate surface area is 55.0 Å². The summed E-state index contributed by atoms with van der Waals surface area (Å²) in [5.74, 6) is -0.234. The van der Waals surface area contributed by atoms with E-state index in [0.29, 0.717) is 4.47 Å². The van der Waals surface area contributed by atoms with E-state index in [4.69, 9.17) is 0 Å². The maximum absolute atomic E-state index is 12.3. The van der Waals surface area contributed by atoms with Gasteiger partial charge in [-0.25, -0.2) is 4.39 Å². The Bertz CT molecular complexity index is 175. The molecule has 0 unspecified atom stereocenters. The Morgan fingerprint density at radius 2 is 2.38 bits per heavy atom. The summed E-state index contributed by atoms with van der Waals surface area (Å²) in [4.78, 5) is 2.71. The first-order chi connectivity index (χ1) is 3.72. The molecule has 8 heavy (non-hydrogen) atoms. The highest BCUT2D eigenvalue weighted by molar-refractivity contribution is 9.10. The molecule has 0 saturated heterocycles. The lowest BCUT2D eigenvalue weighted by Gasteiger charge is -1.81. The molecule has 0 fully saturated rings. The van der Waals surface area contributed by atoms with E-state index in [0.717, 1.165) is 5.69 Å². The number of rotatable bonds is 0. The fourth-order valence-electron chi connectivity index (χ4n) is 0.477. The van der Waals surface area contributed by atoms with Crippen LogP contribution in [-0.4, -0.2) is 4.98 Å². The van der Waals surface area contributed by atoms with Gasteiger partial charge >= 0.3 is 0 Å². The van der Waals surface area contributed by atoms with Crippen molar-refractivity contribution in [2.24, 2.45) is 0 Å². The fourth-order valence-corrected chi connectivity index (χ4v) is 0.706. The summed E-state index contributed by atoms with van der Waals surface area (Å²) in [5, 5.41) is 0. The van der Waals surface area contributed by atoms with E-state index in [2.05, 4.69) is 20.9 Å². The zero-order valence-electron chi connectivity index (χ0n) is 4.33. The van der Waals surface area contributed by atoms with E-state index in [1.807, 2.05) is 0 Å². The molecule has 0 aromatic carbocycles. The highest BCUT2D eigenvalue weighted by Gasteiger charge is 2.00. The molecular formula is C5H5BrFN. The molecule has 0 atom stereocenters. The lowest BCUT2D eigenvalue weighted by atomic mass is 10.5. The molecule has 1 aromatic rings. The topological polar surface area (TPSA) is 15.8 Å². The number of aromatic nitrogens is 1. The monoisotopic (exact) mass is 177 g/mol. The van der Waals surface area contributed by atoms with Gasteiger partial charge in [-0.15, -0.1) is 0 Å². The maximum atomic E-state index is 12.3. The van der Waals surface area contributed by atoms with Crippen molar-refractivity contribution in [1.29, 1.82) is 0 Å². The van der Waals surface area contributed by atoms with Gasteiger partial charge in [0.15, 0.2) is 5.82 Å². The second-order valence-corrected chi connectivity index (χ2v) is 2.37. The van der Waals surface area contributed by atoms with Crippen LogP contribution in [0.1, 0.15) is 5.69 Å². The van der Waals surface area contributed by atoms with Crippen molar-refractivity contribution in [3.05, 3.63) is 22.2 Å². The number of H-pyrrole nitrogens is 1. The summed E-state index contributed by atoms with van der Waals surface area (Å²) in [6, 6.07) is 0. The second kappa shape index (κ2) is 1.90. The van der Waals surface area contributed by atoms with Gasteiger partial charge in [0.1, 0.15) is 0 Å². The third-order valence-electron chi connectivity index (χ3n) is 0.954. The predicted molar refractivity (Wildman–Crippen MR) is 33.2 cm³/mol. The zero-order chi connectivity index (χ0) is 6.15. The summed E-state index contributed by atoms with van der Waals surface area (Å²) in [6.45, 7) is 1.80. The Kier molecular flexibility index (Phi) is 1.38. The van der Waals surface area contributed by atoms with Crippen molar-refractivity contribution < 1.29 is 4.39 Å². The van der Waals surface area contributed by atoms with Crippen molar-refractivity contribution >= 4 is 15.9 Å². The first kappa shape index (κ1) is 5.82. The van der Waals surface area contributed by atoms with Gasteiger partial charge in [0.2, 0.25) is 0 Å². The number of nitrogens with one attached hydrogen (secondary N) is 1. The van der Waals surface area contributed by atoms with Crippen molar-refractivity contribution in [3.63, 3.8) is 0 Å². The lowest BCUT2D eigenvalue weighted by Crippen LogP contribution is -1.67. The van der Waals surface area contributed by atoms with Crippen LogP contribution in [0.25, 0.3) is 0 Å². The van der Waals surface area contributed by atoms with Crippen LogP contribution in [-0.2, 0) is 0 Å². The summed E-state index contributed by atoms with van der Waals surface area (Å²) in [6.07, 6.45) is 1.32. The summed E-state index contributed by atoms with van der Waals surface area (Å²) in [5.41, 5.74) is 0.822. The standard InChI is InChI=1S/C5H5BrFN/c1-3-5(6)4(7)2-8-3/h2,8H,1H3. The van der Waals surface area contributed by atoms with Crippen LogP contribution in [0.4, 0.5) is 4.39 Å². The predicted octanol–water partition coefficient (Wildman–Crippen LogP) is 2.22. The molecule has 0 radical (unpaired) electrons.